The third-order valence-corrected chi connectivity index (χ3v) is 5.18. The molecule has 33 heavy (non-hydrogen) atoms. The third-order valence-electron chi connectivity index (χ3n) is 5.18. The lowest BCUT2D eigenvalue weighted by atomic mass is 9.98. The van der Waals surface area contributed by atoms with Gasteiger partial charge >= 0.3 is 11.9 Å². The van der Waals surface area contributed by atoms with Crippen LogP contribution in [-0.4, -0.2) is 75.3 Å². The van der Waals surface area contributed by atoms with E-state index in [2.05, 4.69) is 16.0 Å². The fourth-order valence-corrected chi connectivity index (χ4v) is 3.02. The molecule has 0 heterocycles. The molecule has 0 radical (unpaired) electrons. The highest BCUT2D eigenvalue weighted by Gasteiger charge is 2.33. The molecular formula is C21H38N4O8. The second-order valence-electron chi connectivity index (χ2n) is 8.67. The van der Waals surface area contributed by atoms with E-state index in [4.69, 9.17) is 10.8 Å². The Bertz CT molecular complexity index is 698. The minimum Gasteiger partial charge on any atom is -0.481 e. The molecule has 190 valence electrons. The van der Waals surface area contributed by atoms with E-state index in [-0.39, 0.29) is 12.3 Å². The fraction of sp³-hybridized carbons (Fsp3) is 0.762. The zero-order valence-electron chi connectivity index (χ0n) is 19.8. The number of hydrogen-bond donors (Lipinski definition) is 7. The summed E-state index contributed by atoms with van der Waals surface area (Å²) >= 11 is 0. The standard InChI is InChI=1S/C21H38N4O8/c1-6-11(4)16(21(32)33)24-19(30)14(7-8-15(27)28)23-20(31)17(12(5)26)25-18(29)13(22)9-10(2)3/h10-14,16-17,26H,6-9,22H2,1-5H3,(H,23,31)(H,24,30)(H,25,29)(H,27,28)(H,32,33). The molecule has 0 rings (SSSR count). The van der Waals surface area contributed by atoms with Crippen molar-refractivity contribution in [2.45, 2.75) is 90.6 Å². The number of nitrogens with two attached hydrogens (primary N) is 1. The number of rotatable bonds is 15. The zero-order chi connectivity index (χ0) is 25.9. The second-order valence-corrected chi connectivity index (χ2v) is 8.67. The smallest absolute Gasteiger partial charge is 0.326 e. The van der Waals surface area contributed by atoms with Crippen LogP contribution in [0.5, 0.6) is 0 Å². The van der Waals surface area contributed by atoms with Crippen LogP contribution in [-0.2, 0) is 24.0 Å². The van der Waals surface area contributed by atoms with Gasteiger partial charge in [0.25, 0.3) is 0 Å². The van der Waals surface area contributed by atoms with Gasteiger partial charge in [-0.2, -0.15) is 0 Å². The minimum atomic E-state index is -1.46. The van der Waals surface area contributed by atoms with Crippen molar-refractivity contribution in [3.63, 3.8) is 0 Å². The van der Waals surface area contributed by atoms with Crippen molar-refractivity contribution in [3.8, 4) is 0 Å². The van der Waals surface area contributed by atoms with Crippen molar-refractivity contribution in [1.29, 1.82) is 0 Å². The SMILES string of the molecule is CCC(C)C(NC(=O)C(CCC(=O)O)NC(=O)C(NC(=O)C(N)CC(C)C)C(C)O)C(=O)O. The Kier molecular flexibility index (Phi) is 13.2. The number of amides is 3. The second kappa shape index (κ2) is 14.4. The molecule has 0 aliphatic heterocycles. The average molecular weight is 475 g/mol. The van der Waals surface area contributed by atoms with Gasteiger partial charge in [-0.25, -0.2) is 4.79 Å². The molecule has 0 aromatic carbocycles. The van der Waals surface area contributed by atoms with E-state index in [9.17, 15) is 34.2 Å². The monoisotopic (exact) mass is 474 g/mol. The maximum Gasteiger partial charge on any atom is 0.326 e. The number of carbonyl (C=O) groups excluding carboxylic acids is 3. The molecule has 0 fully saturated rings. The molecule has 3 amide bonds. The Balaban J connectivity index is 5.54. The lowest BCUT2D eigenvalue weighted by Gasteiger charge is -2.27. The van der Waals surface area contributed by atoms with Gasteiger partial charge in [-0.1, -0.05) is 34.1 Å². The van der Waals surface area contributed by atoms with Crippen LogP contribution in [0.4, 0.5) is 0 Å². The number of carboxylic acid groups (broad SMARTS) is 2. The molecule has 6 atom stereocenters. The number of aliphatic hydroxyl groups excluding tert-OH is 1. The van der Waals surface area contributed by atoms with E-state index in [0.717, 1.165) is 0 Å². The van der Waals surface area contributed by atoms with Crippen molar-refractivity contribution in [2.24, 2.45) is 17.6 Å². The molecule has 0 aromatic rings. The summed E-state index contributed by atoms with van der Waals surface area (Å²) in [6.45, 7) is 8.36. The van der Waals surface area contributed by atoms with Gasteiger partial charge < -0.3 is 37.0 Å². The first-order valence-corrected chi connectivity index (χ1v) is 11.0. The number of carbonyl (C=O) groups is 5. The normalized spacial score (nSPS) is 16.6. The van der Waals surface area contributed by atoms with Crippen LogP contribution >= 0.6 is 0 Å². The number of nitrogens with one attached hydrogen (secondary N) is 3. The van der Waals surface area contributed by atoms with Crippen molar-refractivity contribution < 1.29 is 39.3 Å². The average Bonchev–Trinajstić information content (AvgIpc) is 2.70. The van der Waals surface area contributed by atoms with Crippen LogP contribution in [0.2, 0.25) is 0 Å². The first kappa shape index (κ1) is 30.3. The van der Waals surface area contributed by atoms with Gasteiger partial charge in [-0.05, 0) is 31.6 Å². The highest BCUT2D eigenvalue weighted by atomic mass is 16.4. The molecule has 0 saturated carbocycles. The van der Waals surface area contributed by atoms with Crippen LogP contribution in [0.25, 0.3) is 0 Å². The molecular weight excluding hydrogens is 436 g/mol. The van der Waals surface area contributed by atoms with E-state index in [1.165, 1.54) is 6.92 Å². The van der Waals surface area contributed by atoms with E-state index < -0.39 is 72.3 Å². The molecule has 12 heteroatoms. The topological polar surface area (TPSA) is 208 Å². The lowest BCUT2D eigenvalue weighted by molar-refractivity contribution is -0.144. The van der Waals surface area contributed by atoms with Crippen molar-refractivity contribution in [2.75, 3.05) is 0 Å². The highest BCUT2D eigenvalue weighted by molar-refractivity contribution is 5.94. The Morgan fingerprint density at radius 2 is 1.39 bits per heavy atom. The Labute approximate surface area is 193 Å². The highest BCUT2D eigenvalue weighted by Crippen LogP contribution is 2.10. The quantitative estimate of drug-likeness (QED) is 0.158. The summed E-state index contributed by atoms with van der Waals surface area (Å²) in [7, 11) is 0. The van der Waals surface area contributed by atoms with E-state index in [1.807, 2.05) is 13.8 Å². The van der Waals surface area contributed by atoms with Crippen LogP contribution in [0, 0.1) is 11.8 Å². The van der Waals surface area contributed by atoms with Gasteiger partial charge in [-0.3, -0.25) is 19.2 Å². The van der Waals surface area contributed by atoms with Crippen molar-refractivity contribution in [3.05, 3.63) is 0 Å². The third kappa shape index (κ3) is 11.1. The molecule has 0 bridgehead atoms. The van der Waals surface area contributed by atoms with Gasteiger partial charge in [0, 0.05) is 6.42 Å². The van der Waals surface area contributed by atoms with Gasteiger partial charge in [0.1, 0.15) is 18.1 Å². The molecule has 0 saturated heterocycles. The molecule has 0 aliphatic rings. The number of aliphatic hydroxyl groups is 1. The molecule has 0 aromatic heterocycles. The first-order valence-electron chi connectivity index (χ1n) is 11.0. The van der Waals surface area contributed by atoms with Gasteiger partial charge in [0.2, 0.25) is 17.7 Å². The summed E-state index contributed by atoms with van der Waals surface area (Å²) in [5.74, 6) is -5.29. The Morgan fingerprint density at radius 1 is 0.848 bits per heavy atom. The predicted molar refractivity (Wildman–Crippen MR) is 119 cm³/mol. The largest absolute Gasteiger partial charge is 0.481 e. The van der Waals surface area contributed by atoms with E-state index >= 15 is 0 Å². The maximum atomic E-state index is 12.8. The van der Waals surface area contributed by atoms with Crippen LogP contribution < -0.4 is 21.7 Å². The summed E-state index contributed by atoms with van der Waals surface area (Å²) in [6.07, 6.45) is -1.36. The van der Waals surface area contributed by atoms with Crippen molar-refractivity contribution in [1.82, 2.24) is 16.0 Å². The molecule has 12 nitrogen and oxygen atoms in total. The molecule has 8 N–H and O–H groups in total. The summed E-state index contributed by atoms with van der Waals surface area (Å²) in [5, 5.41) is 35.4. The maximum absolute atomic E-state index is 12.8. The van der Waals surface area contributed by atoms with Crippen LogP contribution in [0.3, 0.4) is 0 Å². The Hall–Kier alpha value is -2.73. The summed E-state index contributed by atoms with van der Waals surface area (Å²) < 4.78 is 0. The minimum absolute atomic E-state index is 0.112. The van der Waals surface area contributed by atoms with E-state index in [1.54, 1.807) is 13.8 Å². The van der Waals surface area contributed by atoms with E-state index in [0.29, 0.717) is 12.8 Å². The predicted octanol–water partition coefficient (Wildman–Crippen LogP) is -0.809. The zero-order valence-corrected chi connectivity index (χ0v) is 19.8. The summed E-state index contributed by atoms with van der Waals surface area (Å²) in [6, 6.07) is -5.02. The molecule has 0 aliphatic carbocycles. The first-order chi connectivity index (χ1) is 15.2. The fourth-order valence-electron chi connectivity index (χ4n) is 3.02. The number of hydrogen-bond acceptors (Lipinski definition) is 7. The van der Waals surface area contributed by atoms with Gasteiger partial charge in [-0.15, -0.1) is 0 Å². The lowest BCUT2D eigenvalue weighted by Crippen LogP contribution is -2.60. The van der Waals surface area contributed by atoms with Crippen LogP contribution in [0.15, 0.2) is 0 Å². The van der Waals surface area contributed by atoms with Crippen molar-refractivity contribution >= 4 is 29.7 Å². The molecule has 6 unspecified atom stereocenters. The van der Waals surface area contributed by atoms with Crippen LogP contribution in [0.1, 0.15) is 60.3 Å². The number of carboxylic acids is 2. The summed E-state index contributed by atoms with van der Waals surface area (Å²) in [4.78, 5) is 60.3. The van der Waals surface area contributed by atoms with Gasteiger partial charge in [0.15, 0.2) is 0 Å². The van der Waals surface area contributed by atoms with Gasteiger partial charge in [0.05, 0.1) is 12.1 Å². The molecule has 0 spiro atoms. The number of aliphatic carboxylic acids is 2. The summed E-state index contributed by atoms with van der Waals surface area (Å²) in [5.41, 5.74) is 5.81. The Morgan fingerprint density at radius 3 is 1.82 bits per heavy atom.